The first-order valence-corrected chi connectivity index (χ1v) is 15.8. The van der Waals surface area contributed by atoms with Crippen LogP contribution in [0.4, 0.5) is 0 Å². The van der Waals surface area contributed by atoms with Gasteiger partial charge in [0.25, 0.3) is 0 Å². The number of aliphatic hydroxyl groups is 1. The van der Waals surface area contributed by atoms with Gasteiger partial charge in [-0.1, -0.05) is 86.7 Å². The van der Waals surface area contributed by atoms with Crippen molar-refractivity contribution in [3.05, 3.63) is 77.9 Å². The van der Waals surface area contributed by atoms with E-state index in [1.165, 1.54) is 19.3 Å². The van der Waals surface area contributed by atoms with Crippen LogP contribution < -0.4 is 15.4 Å². The summed E-state index contributed by atoms with van der Waals surface area (Å²) in [5.74, 6) is -0.0480. The molecule has 0 spiro atoms. The molecule has 0 radical (unpaired) electrons. The molecule has 4 rings (SSSR count). The van der Waals surface area contributed by atoms with E-state index in [1.807, 2.05) is 66.7 Å². The SMILES string of the molecule is O=C(CC1CC=CCCC(=O)OCC(CC2CCCCC2)NC1=O)NC(CO)Cc1ccc(OCc2ccccc2)cc1. The molecule has 43 heavy (non-hydrogen) atoms. The number of benzene rings is 2. The summed E-state index contributed by atoms with van der Waals surface area (Å²) in [7, 11) is 0. The van der Waals surface area contributed by atoms with E-state index in [1.54, 1.807) is 0 Å². The molecule has 2 aliphatic rings. The van der Waals surface area contributed by atoms with Gasteiger partial charge in [0.2, 0.25) is 11.8 Å². The number of allylic oxidation sites excluding steroid dienone is 2. The van der Waals surface area contributed by atoms with Crippen LogP contribution in [0.3, 0.4) is 0 Å². The molecule has 1 aliphatic heterocycles. The normalized spacial score (nSPS) is 21.0. The summed E-state index contributed by atoms with van der Waals surface area (Å²) < 4.78 is 11.4. The van der Waals surface area contributed by atoms with E-state index < -0.39 is 12.0 Å². The third kappa shape index (κ3) is 11.5. The quantitative estimate of drug-likeness (QED) is 0.250. The van der Waals surface area contributed by atoms with E-state index in [-0.39, 0.29) is 43.5 Å². The van der Waals surface area contributed by atoms with Gasteiger partial charge in [-0.3, -0.25) is 14.4 Å². The molecule has 8 heteroatoms. The van der Waals surface area contributed by atoms with Crippen LogP contribution in [0.1, 0.15) is 75.3 Å². The number of esters is 1. The number of amides is 2. The number of carbonyl (C=O) groups excluding carboxylic acids is 3. The van der Waals surface area contributed by atoms with Crippen molar-refractivity contribution in [3.63, 3.8) is 0 Å². The molecule has 1 fully saturated rings. The fourth-order valence-corrected chi connectivity index (χ4v) is 5.86. The summed E-state index contributed by atoms with van der Waals surface area (Å²) in [6, 6.07) is 16.8. The van der Waals surface area contributed by atoms with Crippen LogP contribution >= 0.6 is 0 Å². The third-order valence-electron chi connectivity index (χ3n) is 8.28. The second kappa shape index (κ2) is 17.5. The zero-order valence-electron chi connectivity index (χ0n) is 25.0. The molecule has 3 N–H and O–H groups in total. The topological polar surface area (TPSA) is 114 Å². The van der Waals surface area contributed by atoms with Crippen LogP contribution in [-0.2, 0) is 32.1 Å². The lowest BCUT2D eigenvalue weighted by atomic mass is 9.84. The fraction of sp³-hybridized carbons (Fsp3) is 0.514. The highest BCUT2D eigenvalue weighted by molar-refractivity contribution is 5.86. The van der Waals surface area contributed by atoms with Crippen molar-refractivity contribution >= 4 is 17.8 Å². The highest BCUT2D eigenvalue weighted by Gasteiger charge is 2.27. The number of hydrogen-bond acceptors (Lipinski definition) is 6. The van der Waals surface area contributed by atoms with Crippen molar-refractivity contribution in [2.45, 2.75) is 89.3 Å². The first-order valence-electron chi connectivity index (χ1n) is 15.8. The molecule has 3 atom stereocenters. The smallest absolute Gasteiger partial charge is 0.306 e. The van der Waals surface area contributed by atoms with E-state index >= 15 is 0 Å². The summed E-state index contributed by atoms with van der Waals surface area (Å²) >= 11 is 0. The summed E-state index contributed by atoms with van der Waals surface area (Å²) in [5, 5.41) is 16.0. The van der Waals surface area contributed by atoms with E-state index in [0.29, 0.717) is 38.2 Å². The molecule has 0 bridgehead atoms. The Morgan fingerprint density at radius 1 is 1.00 bits per heavy atom. The lowest BCUT2D eigenvalue weighted by molar-refractivity contribution is -0.145. The molecule has 2 aromatic rings. The van der Waals surface area contributed by atoms with Gasteiger partial charge < -0.3 is 25.2 Å². The van der Waals surface area contributed by atoms with Gasteiger partial charge in [-0.2, -0.15) is 0 Å². The Kier molecular flexibility index (Phi) is 13.1. The van der Waals surface area contributed by atoms with Crippen LogP contribution in [0.15, 0.2) is 66.7 Å². The maximum Gasteiger partial charge on any atom is 0.306 e. The van der Waals surface area contributed by atoms with Gasteiger partial charge in [-0.25, -0.2) is 0 Å². The Balaban J connectivity index is 1.31. The number of aliphatic hydroxyl groups excluding tert-OH is 1. The summed E-state index contributed by atoms with van der Waals surface area (Å²) in [6.07, 6.45) is 12.1. The fourth-order valence-electron chi connectivity index (χ4n) is 5.86. The molecule has 2 aromatic carbocycles. The van der Waals surface area contributed by atoms with E-state index in [4.69, 9.17) is 9.47 Å². The molecular weight excluding hydrogens is 544 g/mol. The second-order valence-corrected chi connectivity index (χ2v) is 11.8. The first-order chi connectivity index (χ1) is 21.0. The number of ether oxygens (including phenoxy) is 2. The summed E-state index contributed by atoms with van der Waals surface area (Å²) in [5.41, 5.74) is 2.04. The second-order valence-electron chi connectivity index (χ2n) is 11.8. The lowest BCUT2D eigenvalue weighted by Crippen LogP contribution is -2.45. The Bertz CT molecular complexity index is 1180. The van der Waals surface area contributed by atoms with Gasteiger partial charge in [-0.15, -0.1) is 0 Å². The minimum atomic E-state index is -0.555. The van der Waals surface area contributed by atoms with Crippen molar-refractivity contribution in [3.8, 4) is 5.75 Å². The van der Waals surface area contributed by atoms with Gasteiger partial charge >= 0.3 is 5.97 Å². The van der Waals surface area contributed by atoms with Crippen molar-refractivity contribution in [2.75, 3.05) is 13.2 Å². The minimum absolute atomic E-state index is 0.00880. The van der Waals surface area contributed by atoms with Crippen LogP contribution in [0.25, 0.3) is 0 Å². The molecular formula is C35H46N2O6. The van der Waals surface area contributed by atoms with E-state index in [0.717, 1.165) is 36.1 Å². The highest BCUT2D eigenvalue weighted by atomic mass is 16.5. The van der Waals surface area contributed by atoms with Crippen molar-refractivity contribution in [1.82, 2.24) is 10.6 Å². The first kappa shape index (κ1) is 32.3. The predicted octanol–water partition coefficient (Wildman–Crippen LogP) is 5.03. The van der Waals surface area contributed by atoms with Gasteiger partial charge in [0.15, 0.2) is 0 Å². The third-order valence-corrected chi connectivity index (χ3v) is 8.28. The van der Waals surface area contributed by atoms with Gasteiger partial charge in [0, 0.05) is 12.8 Å². The molecule has 0 saturated heterocycles. The van der Waals surface area contributed by atoms with E-state index in [9.17, 15) is 19.5 Å². The summed E-state index contributed by atoms with van der Waals surface area (Å²) in [6.45, 7) is 0.419. The van der Waals surface area contributed by atoms with Crippen molar-refractivity contribution in [1.29, 1.82) is 0 Å². The Morgan fingerprint density at radius 3 is 2.51 bits per heavy atom. The predicted molar refractivity (Wildman–Crippen MR) is 165 cm³/mol. The Hall–Kier alpha value is -3.65. The molecule has 1 aliphatic carbocycles. The molecule has 2 amide bonds. The maximum atomic E-state index is 13.4. The highest BCUT2D eigenvalue weighted by Crippen LogP contribution is 2.28. The van der Waals surface area contributed by atoms with Crippen LogP contribution in [0.5, 0.6) is 5.75 Å². The summed E-state index contributed by atoms with van der Waals surface area (Å²) in [4.78, 5) is 38.6. The molecule has 0 aromatic heterocycles. The number of hydrogen-bond donors (Lipinski definition) is 3. The largest absolute Gasteiger partial charge is 0.489 e. The van der Waals surface area contributed by atoms with Gasteiger partial charge in [0.05, 0.1) is 24.6 Å². The van der Waals surface area contributed by atoms with Crippen molar-refractivity contribution < 1.29 is 29.0 Å². The molecule has 8 nitrogen and oxygen atoms in total. The minimum Gasteiger partial charge on any atom is -0.489 e. The van der Waals surface area contributed by atoms with Crippen molar-refractivity contribution in [2.24, 2.45) is 11.8 Å². The number of nitrogens with one attached hydrogen (secondary N) is 2. The van der Waals surface area contributed by atoms with Crippen LogP contribution in [0, 0.1) is 11.8 Å². The van der Waals surface area contributed by atoms with Crippen LogP contribution in [0.2, 0.25) is 0 Å². The number of cyclic esters (lactones) is 1. The monoisotopic (exact) mass is 590 g/mol. The molecule has 3 unspecified atom stereocenters. The zero-order valence-corrected chi connectivity index (χ0v) is 25.0. The standard InChI is InChI=1S/C35H46N2O6/c38-23-30(20-27-16-18-32(19-17-27)42-24-28-12-6-2-7-13-28)36-33(39)22-29-14-8-3-9-15-34(40)43-25-31(37-35(29)41)21-26-10-4-1-5-11-26/h2-3,6-8,12-13,16-19,26,29-31,38H,1,4-5,9-11,14-15,20-25H2,(H,36,39)(H,37,41). The average Bonchev–Trinajstić information content (AvgIpc) is 3.02. The Labute approximate surface area is 255 Å². The molecule has 1 saturated carbocycles. The van der Waals surface area contributed by atoms with Gasteiger partial charge in [-0.05, 0) is 54.9 Å². The van der Waals surface area contributed by atoms with Crippen LogP contribution in [-0.4, -0.2) is 48.2 Å². The zero-order chi connectivity index (χ0) is 30.3. The lowest BCUT2D eigenvalue weighted by Gasteiger charge is -2.28. The average molecular weight is 591 g/mol. The van der Waals surface area contributed by atoms with Gasteiger partial charge in [0.1, 0.15) is 19.0 Å². The van der Waals surface area contributed by atoms with E-state index in [2.05, 4.69) is 10.6 Å². The molecule has 232 valence electrons. The maximum absolute atomic E-state index is 13.4. The molecule has 1 heterocycles. The number of carbonyl (C=O) groups is 3. The number of rotatable bonds is 11. The Morgan fingerprint density at radius 2 is 1.77 bits per heavy atom.